The van der Waals surface area contributed by atoms with Gasteiger partial charge in [-0.25, -0.2) is 4.39 Å². The molecule has 0 spiro atoms. The highest BCUT2D eigenvalue weighted by Crippen LogP contribution is 2.48. The largest absolute Gasteiger partial charge is 0.356 e. The number of nitrogens with zero attached hydrogens (tertiary/aromatic N) is 2. The van der Waals surface area contributed by atoms with Crippen LogP contribution in [0.2, 0.25) is 0 Å². The third-order valence-corrected chi connectivity index (χ3v) is 4.44. The van der Waals surface area contributed by atoms with Crippen molar-refractivity contribution in [1.29, 1.82) is 0 Å². The van der Waals surface area contributed by atoms with Crippen LogP contribution in [0.15, 0.2) is 29.3 Å². The maximum atomic E-state index is 14.0. The molecule has 22 heavy (non-hydrogen) atoms. The zero-order valence-corrected chi connectivity index (χ0v) is 13.8. The SMILES string of the molecule is CCN(C)CCNC(=NC)NCC1(c2ccccc2F)CC1. The number of likely N-dealkylation sites (N-methyl/N-ethyl adjacent to an activating group) is 1. The second kappa shape index (κ2) is 7.58. The molecule has 1 aliphatic rings. The van der Waals surface area contributed by atoms with Crippen LogP contribution >= 0.6 is 0 Å². The van der Waals surface area contributed by atoms with Crippen molar-refractivity contribution in [3.63, 3.8) is 0 Å². The van der Waals surface area contributed by atoms with Crippen LogP contribution in [-0.4, -0.2) is 51.1 Å². The number of nitrogens with one attached hydrogen (secondary N) is 2. The molecule has 122 valence electrons. The summed E-state index contributed by atoms with van der Waals surface area (Å²) in [4.78, 5) is 6.48. The van der Waals surface area contributed by atoms with Crippen LogP contribution in [0.4, 0.5) is 4.39 Å². The maximum absolute atomic E-state index is 14.0. The molecule has 0 saturated heterocycles. The Labute approximate surface area is 132 Å². The Hall–Kier alpha value is -1.62. The molecule has 1 saturated carbocycles. The van der Waals surface area contributed by atoms with E-state index >= 15 is 0 Å². The van der Waals surface area contributed by atoms with Gasteiger partial charge in [-0.3, -0.25) is 4.99 Å². The normalized spacial score (nSPS) is 16.7. The Morgan fingerprint density at radius 2 is 2.05 bits per heavy atom. The molecule has 1 aromatic carbocycles. The summed E-state index contributed by atoms with van der Waals surface area (Å²) in [5.41, 5.74) is 0.757. The van der Waals surface area contributed by atoms with Crippen molar-refractivity contribution in [3.05, 3.63) is 35.6 Å². The van der Waals surface area contributed by atoms with Gasteiger partial charge in [0, 0.05) is 32.1 Å². The number of hydrogen-bond donors (Lipinski definition) is 2. The molecule has 2 rings (SSSR count). The number of rotatable bonds is 7. The Kier molecular flexibility index (Phi) is 5.77. The van der Waals surface area contributed by atoms with E-state index in [-0.39, 0.29) is 11.2 Å². The molecule has 0 amide bonds. The summed E-state index contributed by atoms with van der Waals surface area (Å²) in [6, 6.07) is 7.10. The van der Waals surface area contributed by atoms with E-state index in [0.717, 1.165) is 50.5 Å². The fourth-order valence-corrected chi connectivity index (χ4v) is 2.58. The summed E-state index contributed by atoms with van der Waals surface area (Å²) in [5.74, 6) is 0.682. The van der Waals surface area contributed by atoms with E-state index in [1.807, 2.05) is 12.1 Å². The first-order valence-electron chi connectivity index (χ1n) is 7.99. The van der Waals surface area contributed by atoms with Gasteiger partial charge in [0.25, 0.3) is 0 Å². The van der Waals surface area contributed by atoms with Crippen molar-refractivity contribution in [2.45, 2.75) is 25.2 Å². The lowest BCUT2D eigenvalue weighted by Gasteiger charge is -2.20. The first-order valence-corrected chi connectivity index (χ1v) is 7.99. The van der Waals surface area contributed by atoms with Gasteiger partial charge >= 0.3 is 0 Å². The maximum Gasteiger partial charge on any atom is 0.191 e. The van der Waals surface area contributed by atoms with Gasteiger partial charge in [0.2, 0.25) is 0 Å². The standard InChI is InChI=1S/C17H27FN4/c1-4-22(3)12-11-20-16(19-2)21-13-17(9-10-17)14-7-5-6-8-15(14)18/h5-8H,4,9-13H2,1-3H3,(H2,19,20,21). The molecule has 0 radical (unpaired) electrons. The second-order valence-corrected chi connectivity index (χ2v) is 6.01. The smallest absolute Gasteiger partial charge is 0.191 e. The summed E-state index contributed by atoms with van der Waals surface area (Å²) in [5, 5.41) is 6.65. The average molecular weight is 306 g/mol. The molecule has 1 fully saturated rings. The molecule has 4 nitrogen and oxygen atoms in total. The highest BCUT2D eigenvalue weighted by atomic mass is 19.1. The fourth-order valence-electron chi connectivity index (χ4n) is 2.58. The fraction of sp³-hybridized carbons (Fsp3) is 0.588. The van der Waals surface area contributed by atoms with E-state index in [0.29, 0.717) is 0 Å². The first kappa shape index (κ1) is 16.7. The highest BCUT2D eigenvalue weighted by Gasteiger charge is 2.45. The summed E-state index contributed by atoms with van der Waals surface area (Å²) in [7, 11) is 3.86. The second-order valence-electron chi connectivity index (χ2n) is 6.01. The van der Waals surface area contributed by atoms with Crippen LogP contribution in [0.25, 0.3) is 0 Å². The average Bonchev–Trinajstić information content (AvgIpc) is 3.31. The molecule has 0 aromatic heterocycles. The number of guanidine groups is 1. The van der Waals surface area contributed by atoms with E-state index in [1.165, 1.54) is 0 Å². The van der Waals surface area contributed by atoms with Crippen LogP contribution in [0, 0.1) is 5.82 Å². The lowest BCUT2D eigenvalue weighted by atomic mass is 9.95. The van der Waals surface area contributed by atoms with E-state index in [4.69, 9.17) is 0 Å². The van der Waals surface area contributed by atoms with Gasteiger partial charge in [-0.15, -0.1) is 0 Å². The van der Waals surface area contributed by atoms with Crippen molar-refractivity contribution in [1.82, 2.24) is 15.5 Å². The van der Waals surface area contributed by atoms with Crippen molar-refractivity contribution >= 4 is 5.96 Å². The number of hydrogen-bond acceptors (Lipinski definition) is 2. The van der Waals surface area contributed by atoms with Gasteiger partial charge in [0.1, 0.15) is 5.82 Å². The van der Waals surface area contributed by atoms with E-state index < -0.39 is 0 Å². The Balaban J connectivity index is 1.85. The number of halogens is 1. The van der Waals surface area contributed by atoms with Gasteiger partial charge in [0.15, 0.2) is 5.96 Å². The molecule has 0 atom stereocenters. The quantitative estimate of drug-likeness (QED) is 0.598. The van der Waals surface area contributed by atoms with Crippen LogP contribution in [0.5, 0.6) is 0 Å². The van der Waals surface area contributed by atoms with Gasteiger partial charge in [-0.2, -0.15) is 0 Å². The van der Waals surface area contributed by atoms with Crippen LogP contribution < -0.4 is 10.6 Å². The van der Waals surface area contributed by atoms with Gasteiger partial charge < -0.3 is 15.5 Å². The van der Waals surface area contributed by atoms with Crippen molar-refractivity contribution in [3.8, 4) is 0 Å². The van der Waals surface area contributed by atoms with Crippen molar-refractivity contribution in [2.24, 2.45) is 4.99 Å². The van der Waals surface area contributed by atoms with Crippen LogP contribution in [0.1, 0.15) is 25.3 Å². The minimum absolute atomic E-state index is 0.0663. The molecule has 1 aliphatic carbocycles. The Bertz CT molecular complexity index is 511. The third-order valence-electron chi connectivity index (χ3n) is 4.44. The van der Waals surface area contributed by atoms with Gasteiger partial charge in [-0.05, 0) is 38.1 Å². The lowest BCUT2D eigenvalue weighted by molar-refractivity contribution is 0.357. The van der Waals surface area contributed by atoms with Gasteiger partial charge in [-0.1, -0.05) is 25.1 Å². The highest BCUT2D eigenvalue weighted by molar-refractivity contribution is 5.79. The van der Waals surface area contributed by atoms with Crippen LogP contribution in [0.3, 0.4) is 0 Å². The Morgan fingerprint density at radius 3 is 2.64 bits per heavy atom. The molecule has 5 heteroatoms. The summed E-state index contributed by atoms with van der Waals surface area (Å²) >= 11 is 0. The summed E-state index contributed by atoms with van der Waals surface area (Å²) in [6.07, 6.45) is 2.05. The molecule has 0 bridgehead atoms. The summed E-state index contributed by atoms with van der Waals surface area (Å²) in [6.45, 7) is 5.70. The zero-order chi connectivity index (χ0) is 16.0. The minimum atomic E-state index is -0.102. The predicted octanol–water partition coefficient (Wildman–Crippen LogP) is 1.97. The van der Waals surface area contributed by atoms with E-state index in [2.05, 4.69) is 34.5 Å². The molecule has 0 aliphatic heterocycles. The Morgan fingerprint density at radius 1 is 1.32 bits per heavy atom. The monoisotopic (exact) mass is 306 g/mol. The molecular weight excluding hydrogens is 279 g/mol. The molecule has 0 unspecified atom stereocenters. The van der Waals surface area contributed by atoms with Crippen molar-refractivity contribution < 1.29 is 4.39 Å². The molecule has 0 heterocycles. The topological polar surface area (TPSA) is 39.7 Å². The van der Waals surface area contributed by atoms with Crippen molar-refractivity contribution in [2.75, 3.05) is 40.3 Å². The van der Waals surface area contributed by atoms with E-state index in [9.17, 15) is 4.39 Å². The van der Waals surface area contributed by atoms with E-state index in [1.54, 1.807) is 19.2 Å². The lowest BCUT2D eigenvalue weighted by Crippen LogP contribution is -2.43. The first-order chi connectivity index (χ1) is 10.6. The number of aliphatic imine (C=N–C) groups is 1. The zero-order valence-electron chi connectivity index (χ0n) is 13.8. The molecule has 1 aromatic rings. The summed E-state index contributed by atoms with van der Waals surface area (Å²) < 4.78 is 14.0. The minimum Gasteiger partial charge on any atom is -0.356 e. The molecule has 2 N–H and O–H groups in total. The number of benzene rings is 1. The van der Waals surface area contributed by atoms with Crippen LogP contribution in [-0.2, 0) is 5.41 Å². The molecular formula is C17H27FN4. The van der Waals surface area contributed by atoms with Gasteiger partial charge in [0.05, 0.1) is 0 Å². The predicted molar refractivity (Wildman–Crippen MR) is 89.8 cm³/mol. The third kappa shape index (κ3) is 4.19.